The fourth-order valence-electron chi connectivity index (χ4n) is 4.94. The maximum Gasteiger partial charge on any atom is 0.224 e. The molecule has 0 unspecified atom stereocenters. The quantitative estimate of drug-likeness (QED) is 0.137. The first-order valence-corrected chi connectivity index (χ1v) is 9.48. The summed E-state index contributed by atoms with van der Waals surface area (Å²) in [6.07, 6.45) is 2.15. The van der Waals surface area contributed by atoms with E-state index in [-0.39, 0.29) is 0 Å². The number of fused-ring (bicyclic) bond motifs is 5. The first kappa shape index (κ1) is 15.4. The molecule has 0 aliphatic heterocycles. The highest BCUT2D eigenvalue weighted by Gasteiger charge is 2.25. The van der Waals surface area contributed by atoms with Gasteiger partial charge >= 0.3 is 0 Å². The average Bonchev–Trinajstić information content (AvgIpc) is 3.04. The van der Waals surface area contributed by atoms with E-state index in [0.29, 0.717) is 5.69 Å². The van der Waals surface area contributed by atoms with E-state index in [4.69, 9.17) is 6.57 Å². The third-order valence-electron chi connectivity index (χ3n) is 6.31. The maximum atomic E-state index is 7.76. The molecule has 0 radical (unpaired) electrons. The lowest BCUT2D eigenvalue weighted by Crippen LogP contribution is -2.29. The van der Waals surface area contributed by atoms with Crippen LogP contribution < -0.4 is 4.57 Å². The minimum absolute atomic E-state index is 0.704. The number of aryl methyl sites for hydroxylation is 3. The van der Waals surface area contributed by atoms with E-state index >= 15 is 0 Å². The van der Waals surface area contributed by atoms with Gasteiger partial charge in [-0.3, -0.25) is 0 Å². The fraction of sp³-hybridized carbons (Fsp3) is 0.120. The van der Waals surface area contributed by atoms with Gasteiger partial charge in [0.05, 0.1) is 33.9 Å². The predicted molar refractivity (Wildman–Crippen MR) is 116 cm³/mol. The Labute approximate surface area is 162 Å². The Morgan fingerprint density at radius 2 is 1.75 bits per heavy atom. The van der Waals surface area contributed by atoms with Gasteiger partial charge in [-0.05, 0) is 47.9 Å². The molecule has 3 aromatic carbocycles. The van der Waals surface area contributed by atoms with Gasteiger partial charge in [0.2, 0.25) is 11.2 Å². The van der Waals surface area contributed by atoms with Gasteiger partial charge in [-0.1, -0.05) is 30.3 Å². The Morgan fingerprint density at radius 3 is 2.57 bits per heavy atom. The molecule has 6 aromatic rings. The number of para-hydroxylation sites is 1. The molecule has 0 saturated carbocycles. The van der Waals surface area contributed by atoms with Gasteiger partial charge in [-0.15, -0.1) is 0 Å². The topological polar surface area (TPSA) is 12.6 Å². The van der Waals surface area contributed by atoms with Crippen molar-refractivity contribution in [2.45, 2.75) is 13.8 Å². The van der Waals surface area contributed by atoms with Crippen LogP contribution in [0.4, 0.5) is 5.69 Å². The van der Waals surface area contributed by atoms with Crippen LogP contribution in [0.15, 0.2) is 54.7 Å². The predicted octanol–water partition coefficient (Wildman–Crippen LogP) is 5.98. The Hall–Kier alpha value is -3.64. The number of hydrogen-bond donors (Lipinski definition) is 0. The highest BCUT2D eigenvalue weighted by molar-refractivity contribution is 6.27. The molecule has 132 valence electrons. The Balaban J connectivity index is 2.18. The summed E-state index contributed by atoms with van der Waals surface area (Å²) in [7, 11) is 2.13. The summed E-state index contributed by atoms with van der Waals surface area (Å²) in [5.41, 5.74) is 7.95. The van der Waals surface area contributed by atoms with Crippen molar-refractivity contribution >= 4 is 54.7 Å². The average molecular weight is 360 g/mol. The summed E-state index contributed by atoms with van der Waals surface area (Å²) in [5, 5.41) is 6.15. The molecule has 6 rings (SSSR count). The van der Waals surface area contributed by atoms with Gasteiger partial charge in [0.25, 0.3) is 0 Å². The molecular weight excluding hydrogens is 342 g/mol. The molecule has 0 spiro atoms. The third kappa shape index (κ3) is 1.62. The van der Waals surface area contributed by atoms with Crippen molar-refractivity contribution in [3.05, 3.63) is 77.3 Å². The van der Waals surface area contributed by atoms with Crippen molar-refractivity contribution in [1.29, 1.82) is 0 Å². The normalized spacial score (nSPS) is 12.1. The van der Waals surface area contributed by atoms with Crippen LogP contribution in [0.3, 0.4) is 0 Å². The molecular formula is C25H18N3+. The lowest BCUT2D eigenvalue weighted by Gasteiger charge is -2.14. The van der Waals surface area contributed by atoms with Crippen LogP contribution in [0.5, 0.6) is 0 Å². The molecule has 0 aliphatic rings. The summed E-state index contributed by atoms with van der Waals surface area (Å²) in [6, 6.07) is 17.0. The molecule has 3 heteroatoms. The Bertz CT molecular complexity index is 1640. The van der Waals surface area contributed by atoms with Crippen LogP contribution in [0.2, 0.25) is 0 Å². The van der Waals surface area contributed by atoms with Gasteiger partial charge < -0.3 is 4.40 Å². The minimum Gasteiger partial charge on any atom is -0.317 e. The molecule has 0 atom stereocenters. The molecule has 3 aromatic heterocycles. The van der Waals surface area contributed by atoms with E-state index < -0.39 is 0 Å². The van der Waals surface area contributed by atoms with Crippen LogP contribution in [-0.2, 0) is 7.05 Å². The summed E-state index contributed by atoms with van der Waals surface area (Å²) in [4.78, 5) is 3.86. The molecule has 0 aliphatic carbocycles. The van der Waals surface area contributed by atoms with Crippen LogP contribution in [0, 0.1) is 20.4 Å². The number of nitrogens with zero attached hydrogens (tertiary/aromatic N) is 3. The Kier molecular flexibility index (Phi) is 2.75. The molecule has 0 N–H and O–H groups in total. The number of rotatable bonds is 0. The van der Waals surface area contributed by atoms with E-state index in [1.165, 1.54) is 43.7 Å². The lowest BCUT2D eigenvalue weighted by atomic mass is 9.96. The molecule has 28 heavy (non-hydrogen) atoms. The van der Waals surface area contributed by atoms with Gasteiger partial charge in [-0.25, -0.2) is 9.41 Å². The van der Waals surface area contributed by atoms with E-state index in [2.05, 4.69) is 77.3 Å². The zero-order valence-corrected chi connectivity index (χ0v) is 16.0. The summed E-state index contributed by atoms with van der Waals surface area (Å²) in [5.74, 6) is 0. The molecule has 0 bridgehead atoms. The summed E-state index contributed by atoms with van der Waals surface area (Å²) in [6.45, 7) is 12.2. The highest BCUT2D eigenvalue weighted by Crippen LogP contribution is 2.43. The van der Waals surface area contributed by atoms with Gasteiger partial charge in [0.1, 0.15) is 7.05 Å². The SMILES string of the molecule is [C-]#[N+]c1cccc2c3cc(C)c(C)c4c3n(c3cccc5cc[n+](C)c4c53)c12. The zero-order chi connectivity index (χ0) is 19.2. The van der Waals surface area contributed by atoms with E-state index in [1.54, 1.807) is 0 Å². The summed E-state index contributed by atoms with van der Waals surface area (Å²) < 4.78 is 4.57. The van der Waals surface area contributed by atoms with Crippen LogP contribution >= 0.6 is 0 Å². The third-order valence-corrected chi connectivity index (χ3v) is 6.31. The van der Waals surface area contributed by atoms with E-state index in [1.807, 2.05) is 12.1 Å². The second-order valence-electron chi connectivity index (χ2n) is 7.73. The molecule has 3 nitrogen and oxygen atoms in total. The Morgan fingerprint density at radius 1 is 0.929 bits per heavy atom. The highest BCUT2D eigenvalue weighted by atomic mass is 15.0. The smallest absolute Gasteiger partial charge is 0.224 e. The van der Waals surface area contributed by atoms with Crippen molar-refractivity contribution in [3.8, 4) is 0 Å². The van der Waals surface area contributed by atoms with Gasteiger partial charge in [-0.2, -0.15) is 0 Å². The van der Waals surface area contributed by atoms with Crippen LogP contribution in [-0.4, -0.2) is 4.40 Å². The maximum absolute atomic E-state index is 7.76. The zero-order valence-electron chi connectivity index (χ0n) is 16.0. The van der Waals surface area contributed by atoms with Crippen molar-refractivity contribution in [3.63, 3.8) is 0 Å². The molecule has 0 fully saturated rings. The molecule has 3 heterocycles. The second kappa shape index (κ2) is 4.99. The lowest BCUT2D eigenvalue weighted by molar-refractivity contribution is -0.643. The van der Waals surface area contributed by atoms with Crippen molar-refractivity contribution < 1.29 is 4.57 Å². The number of hydrogen-bond acceptors (Lipinski definition) is 0. The van der Waals surface area contributed by atoms with Crippen molar-refractivity contribution in [2.75, 3.05) is 0 Å². The van der Waals surface area contributed by atoms with Crippen molar-refractivity contribution in [1.82, 2.24) is 4.40 Å². The van der Waals surface area contributed by atoms with Crippen LogP contribution in [0.25, 0.3) is 53.8 Å². The summed E-state index contributed by atoms with van der Waals surface area (Å²) >= 11 is 0. The van der Waals surface area contributed by atoms with Crippen molar-refractivity contribution in [2.24, 2.45) is 7.05 Å². The molecule has 0 saturated heterocycles. The van der Waals surface area contributed by atoms with Crippen LogP contribution in [0.1, 0.15) is 11.1 Å². The molecule has 0 amide bonds. The number of pyridine rings is 2. The standard InChI is InChI=1S/C25H18N3/c1-14-13-18-17-8-6-9-19(26-3)23(17)28-20-10-5-7-16-11-12-27(4)25(22(16)20)21(15(14)2)24(18)28/h5-13H,1-2,4H3/q+1. The largest absolute Gasteiger partial charge is 0.317 e. The number of benzene rings is 3. The second-order valence-corrected chi connectivity index (χ2v) is 7.73. The number of aromatic nitrogens is 2. The minimum atomic E-state index is 0.704. The fourth-order valence-corrected chi connectivity index (χ4v) is 4.94. The first-order chi connectivity index (χ1) is 13.6. The first-order valence-electron chi connectivity index (χ1n) is 9.48. The van der Waals surface area contributed by atoms with E-state index in [0.717, 1.165) is 16.4 Å². The van der Waals surface area contributed by atoms with E-state index in [9.17, 15) is 0 Å². The van der Waals surface area contributed by atoms with Gasteiger partial charge in [0, 0.05) is 11.5 Å². The van der Waals surface area contributed by atoms with Gasteiger partial charge in [0.15, 0.2) is 6.20 Å². The monoisotopic (exact) mass is 360 g/mol.